The lowest BCUT2D eigenvalue weighted by Crippen LogP contribution is -2.23. The number of nitrogens with one attached hydrogen (secondary N) is 1. The molecular formula is C17H20FNS. The van der Waals surface area contributed by atoms with Gasteiger partial charge in [-0.15, -0.1) is 11.3 Å². The molecule has 1 saturated carbocycles. The molecule has 3 heteroatoms. The Hall–Kier alpha value is -1.19. The van der Waals surface area contributed by atoms with Crippen molar-refractivity contribution in [2.75, 3.05) is 6.54 Å². The molecule has 106 valence electrons. The van der Waals surface area contributed by atoms with Crippen LogP contribution in [0.5, 0.6) is 0 Å². The van der Waals surface area contributed by atoms with Gasteiger partial charge in [0, 0.05) is 23.5 Å². The van der Waals surface area contributed by atoms with Gasteiger partial charge in [0.2, 0.25) is 0 Å². The Kier molecular flexibility index (Phi) is 3.90. The molecule has 0 atom stereocenters. The highest BCUT2D eigenvalue weighted by Gasteiger charge is 2.39. The molecule has 1 aromatic heterocycles. The minimum Gasteiger partial charge on any atom is -0.312 e. The van der Waals surface area contributed by atoms with Crippen molar-refractivity contribution in [3.05, 3.63) is 47.1 Å². The molecule has 0 spiro atoms. The molecule has 1 aromatic carbocycles. The zero-order chi connectivity index (χ0) is 14.0. The smallest absolute Gasteiger partial charge is 0.131 e. The molecule has 20 heavy (non-hydrogen) atoms. The first-order chi connectivity index (χ1) is 9.72. The first-order valence-electron chi connectivity index (χ1n) is 7.25. The van der Waals surface area contributed by atoms with E-state index in [1.54, 1.807) is 17.4 Å². The largest absolute Gasteiger partial charge is 0.312 e. The van der Waals surface area contributed by atoms with Crippen LogP contribution >= 0.6 is 11.3 Å². The number of hydrogen-bond acceptors (Lipinski definition) is 2. The summed E-state index contributed by atoms with van der Waals surface area (Å²) in [6, 6.07) is 9.36. The average molecular weight is 289 g/mol. The summed E-state index contributed by atoms with van der Waals surface area (Å²) in [7, 11) is 0. The minimum absolute atomic E-state index is 0.136. The second-order valence-electron chi connectivity index (χ2n) is 5.75. The molecule has 1 fully saturated rings. The van der Waals surface area contributed by atoms with E-state index in [2.05, 4.69) is 12.2 Å². The van der Waals surface area contributed by atoms with Gasteiger partial charge in [-0.2, -0.15) is 0 Å². The molecule has 0 bridgehead atoms. The van der Waals surface area contributed by atoms with Crippen molar-refractivity contribution in [3.8, 4) is 10.4 Å². The number of thiophene rings is 1. The fourth-order valence-electron chi connectivity index (χ4n) is 2.61. The average Bonchev–Trinajstić information content (AvgIpc) is 3.03. The molecule has 1 nitrogen and oxygen atoms in total. The van der Waals surface area contributed by atoms with Gasteiger partial charge < -0.3 is 5.32 Å². The molecule has 0 amide bonds. The molecule has 0 radical (unpaired) electrons. The number of hydrogen-bond donors (Lipinski definition) is 1. The molecule has 0 unspecified atom stereocenters. The van der Waals surface area contributed by atoms with Crippen LogP contribution in [0.2, 0.25) is 0 Å². The lowest BCUT2D eigenvalue weighted by Gasteiger charge is -2.13. The van der Waals surface area contributed by atoms with Crippen LogP contribution in [0.4, 0.5) is 4.39 Å². The van der Waals surface area contributed by atoms with Gasteiger partial charge in [0.25, 0.3) is 0 Å². The van der Waals surface area contributed by atoms with Crippen molar-refractivity contribution in [2.24, 2.45) is 5.41 Å². The Balaban J connectivity index is 1.67. The Bertz CT molecular complexity index is 573. The van der Waals surface area contributed by atoms with Crippen molar-refractivity contribution in [2.45, 2.75) is 32.7 Å². The lowest BCUT2D eigenvalue weighted by atomic mass is 10.0. The summed E-state index contributed by atoms with van der Waals surface area (Å²) in [5.41, 5.74) is 2.43. The fraction of sp³-hybridized carbons (Fsp3) is 0.412. The van der Waals surface area contributed by atoms with Gasteiger partial charge in [-0.05, 0) is 53.8 Å². The van der Waals surface area contributed by atoms with Gasteiger partial charge in [0.15, 0.2) is 0 Å². The maximum Gasteiger partial charge on any atom is 0.131 e. The Labute approximate surface area is 123 Å². The number of benzene rings is 1. The molecule has 0 saturated heterocycles. The third kappa shape index (κ3) is 2.94. The maximum absolute atomic E-state index is 13.9. The third-order valence-corrected chi connectivity index (χ3v) is 5.26. The minimum atomic E-state index is -0.136. The lowest BCUT2D eigenvalue weighted by molar-refractivity contribution is 0.443. The van der Waals surface area contributed by atoms with Crippen molar-refractivity contribution < 1.29 is 4.39 Å². The van der Waals surface area contributed by atoms with Crippen LogP contribution in [0, 0.1) is 11.2 Å². The number of rotatable bonds is 6. The Morgan fingerprint density at radius 2 is 2.15 bits per heavy atom. The van der Waals surface area contributed by atoms with Gasteiger partial charge in [-0.25, -0.2) is 4.39 Å². The van der Waals surface area contributed by atoms with E-state index >= 15 is 0 Å². The van der Waals surface area contributed by atoms with Crippen molar-refractivity contribution in [1.29, 1.82) is 0 Å². The van der Waals surface area contributed by atoms with E-state index in [0.29, 0.717) is 5.41 Å². The summed E-state index contributed by atoms with van der Waals surface area (Å²) in [6.45, 7) is 4.16. The standard InChI is InChI=1S/C17H20FNS/c1-2-17(7-8-17)12-19-11-13-5-6-15(18)14(10-13)16-4-3-9-20-16/h3-6,9-10,19H,2,7-8,11-12H2,1H3. The summed E-state index contributed by atoms with van der Waals surface area (Å²) in [6.07, 6.45) is 3.95. The third-order valence-electron chi connectivity index (χ3n) is 4.35. The zero-order valence-corrected chi connectivity index (χ0v) is 12.6. The van der Waals surface area contributed by atoms with Gasteiger partial charge >= 0.3 is 0 Å². The van der Waals surface area contributed by atoms with E-state index in [4.69, 9.17) is 0 Å². The van der Waals surface area contributed by atoms with E-state index in [1.807, 2.05) is 29.6 Å². The van der Waals surface area contributed by atoms with Crippen LogP contribution in [-0.4, -0.2) is 6.54 Å². The molecule has 3 rings (SSSR count). The highest BCUT2D eigenvalue weighted by atomic mass is 32.1. The summed E-state index contributed by atoms with van der Waals surface area (Å²) in [5, 5.41) is 5.51. The predicted octanol–water partition coefficient (Wildman–Crippen LogP) is 4.83. The Morgan fingerprint density at radius 3 is 2.80 bits per heavy atom. The van der Waals surface area contributed by atoms with Crippen molar-refractivity contribution >= 4 is 11.3 Å². The topological polar surface area (TPSA) is 12.0 Å². The Morgan fingerprint density at radius 1 is 1.30 bits per heavy atom. The quantitative estimate of drug-likeness (QED) is 0.803. The summed E-state index contributed by atoms with van der Waals surface area (Å²) < 4.78 is 13.9. The monoisotopic (exact) mass is 289 g/mol. The van der Waals surface area contributed by atoms with Crippen molar-refractivity contribution in [3.63, 3.8) is 0 Å². The molecule has 0 aliphatic heterocycles. The molecule has 1 heterocycles. The van der Waals surface area contributed by atoms with E-state index in [-0.39, 0.29) is 5.82 Å². The highest BCUT2D eigenvalue weighted by Crippen LogP contribution is 2.47. The van der Waals surface area contributed by atoms with Crippen molar-refractivity contribution in [1.82, 2.24) is 5.32 Å². The molecule has 1 aliphatic rings. The van der Waals surface area contributed by atoms with E-state index < -0.39 is 0 Å². The SMILES string of the molecule is CCC1(CNCc2ccc(F)c(-c3cccs3)c2)CC1. The second-order valence-corrected chi connectivity index (χ2v) is 6.70. The van der Waals surface area contributed by atoms with E-state index in [0.717, 1.165) is 29.1 Å². The van der Waals surface area contributed by atoms with Crippen LogP contribution < -0.4 is 5.32 Å². The van der Waals surface area contributed by atoms with Crippen LogP contribution in [0.1, 0.15) is 31.7 Å². The predicted molar refractivity (Wildman–Crippen MR) is 83.4 cm³/mol. The van der Waals surface area contributed by atoms with Gasteiger partial charge in [-0.3, -0.25) is 0 Å². The zero-order valence-electron chi connectivity index (χ0n) is 11.8. The molecule has 1 N–H and O–H groups in total. The van der Waals surface area contributed by atoms with Gasteiger partial charge in [-0.1, -0.05) is 19.1 Å². The first kappa shape index (κ1) is 13.8. The summed E-state index contributed by atoms with van der Waals surface area (Å²) >= 11 is 1.58. The second kappa shape index (κ2) is 5.66. The summed E-state index contributed by atoms with van der Waals surface area (Å²) in [4.78, 5) is 0.997. The van der Waals surface area contributed by atoms with E-state index in [9.17, 15) is 4.39 Å². The molecular weight excluding hydrogens is 269 g/mol. The fourth-order valence-corrected chi connectivity index (χ4v) is 3.35. The number of halogens is 1. The van der Waals surface area contributed by atoms with Crippen LogP contribution in [0.25, 0.3) is 10.4 Å². The first-order valence-corrected chi connectivity index (χ1v) is 8.13. The van der Waals surface area contributed by atoms with Crippen LogP contribution in [-0.2, 0) is 6.54 Å². The normalized spacial score (nSPS) is 16.3. The van der Waals surface area contributed by atoms with Crippen LogP contribution in [0.3, 0.4) is 0 Å². The molecule has 2 aromatic rings. The highest BCUT2D eigenvalue weighted by molar-refractivity contribution is 7.13. The van der Waals surface area contributed by atoms with Crippen LogP contribution in [0.15, 0.2) is 35.7 Å². The summed E-state index contributed by atoms with van der Waals surface area (Å²) in [5.74, 6) is -0.136. The van der Waals surface area contributed by atoms with Gasteiger partial charge in [0.05, 0.1) is 0 Å². The van der Waals surface area contributed by atoms with Gasteiger partial charge in [0.1, 0.15) is 5.82 Å². The maximum atomic E-state index is 13.9. The molecule has 1 aliphatic carbocycles. The van der Waals surface area contributed by atoms with E-state index in [1.165, 1.54) is 19.3 Å².